The number of nitrogens with zero attached hydrogens (tertiary/aromatic N) is 3. The number of carbonyl (C=O) groups excluding carboxylic acids is 1. The van der Waals surface area contributed by atoms with Crippen LogP contribution in [-0.4, -0.2) is 33.7 Å². The lowest BCUT2D eigenvalue weighted by Crippen LogP contribution is -2.36. The molecule has 128 valence electrons. The molecule has 0 aliphatic carbocycles. The summed E-state index contributed by atoms with van der Waals surface area (Å²) in [6, 6.07) is 7.63. The Hall–Kier alpha value is -1.81. The Kier molecular flexibility index (Phi) is 4.95. The van der Waals surface area contributed by atoms with Crippen molar-refractivity contribution in [2.45, 2.75) is 46.0 Å². The number of piperidine rings is 1. The number of carbonyl (C=O) groups is 1. The molecule has 0 bridgehead atoms. The number of hydrogen-bond acceptors (Lipinski definition) is 2. The van der Waals surface area contributed by atoms with Gasteiger partial charge in [0.2, 0.25) is 0 Å². The monoisotopic (exact) mass is 345 g/mol. The molecule has 0 atom stereocenters. The van der Waals surface area contributed by atoms with Crippen LogP contribution in [0.2, 0.25) is 5.02 Å². The van der Waals surface area contributed by atoms with Gasteiger partial charge < -0.3 is 4.90 Å². The van der Waals surface area contributed by atoms with Crippen LogP contribution in [0, 0.1) is 6.92 Å². The summed E-state index contributed by atoms with van der Waals surface area (Å²) in [5.74, 6) is 0.278. The fourth-order valence-electron chi connectivity index (χ4n) is 3.40. The van der Waals surface area contributed by atoms with E-state index in [1.54, 1.807) is 0 Å². The average Bonchev–Trinajstić information content (AvgIpc) is 2.92. The van der Waals surface area contributed by atoms with Gasteiger partial charge in [0.15, 0.2) is 0 Å². The van der Waals surface area contributed by atoms with Gasteiger partial charge in [-0.2, -0.15) is 5.10 Å². The zero-order chi connectivity index (χ0) is 17.3. The van der Waals surface area contributed by atoms with Crippen molar-refractivity contribution < 1.29 is 4.79 Å². The van der Waals surface area contributed by atoms with Crippen LogP contribution < -0.4 is 0 Å². The number of aryl methyl sites for hydroxylation is 1. The molecular weight excluding hydrogens is 322 g/mol. The molecule has 1 aliphatic rings. The number of halogens is 1. The highest BCUT2D eigenvalue weighted by Gasteiger charge is 2.28. The second-order valence-electron chi connectivity index (χ2n) is 6.72. The SMILES string of the molecule is Cc1nn(-c2ccccc2Cl)c(C(C)C)c1C(=O)N1CCCCC1. The van der Waals surface area contributed by atoms with Crippen molar-refractivity contribution in [3.8, 4) is 5.69 Å². The third-order valence-electron chi connectivity index (χ3n) is 4.58. The van der Waals surface area contributed by atoms with Gasteiger partial charge in [0.05, 0.1) is 27.7 Å². The normalized spacial score (nSPS) is 15.1. The summed E-state index contributed by atoms with van der Waals surface area (Å²) in [6.45, 7) is 7.78. The van der Waals surface area contributed by atoms with E-state index in [4.69, 9.17) is 11.6 Å². The molecular formula is C19H24ClN3O. The number of benzene rings is 1. The molecule has 0 saturated carbocycles. The van der Waals surface area contributed by atoms with Gasteiger partial charge in [0.1, 0.15) is 0 Å². The van der Waals surface area contributed by atoms with Gasteiger partial charge in [-0.15, -0.1) is 0 Å². The van der Waals surface area contributed by atoms with Gasteiger partial charge in [0, 0.05) is 13.1 Å². The fourth-order valence-corrected chi connectivity index (χ4v) is 3.62. The second kappa shape index (κ2) is 6.98. The molecule has 1 aliphatic heterocycles. The Morgan fingerprint density at radius 2 is 1.83 bits per heavy atom. The average molecular weight is 346 g/mol. The molecule has 0 spiro atoms. The number of para-hydroxylation sites is 1. The molecule has 5 heteroatoms. The van der Waals surface area contributed by atoms with Gasteiger partial charge in [-0.05, 0) is 44.2 Å². The van der Waals surface area contributed by atoms with Crippen LogP contribution in [0.1, 0.15) is 60.8 Å². The van der Waals surface area contributed by atoms with Crippen LogP contribution in [-0.2, 0) is 0 Å². The summed E-state index contributed by atoms with van der Waals surface area (Å²) in [6.07, 6.45) is 3.37. The van der Waals surface area contributed by atoms with Crippen molar-refractivity contribution in [3.63, 3.8) is 0 Å². The molecule has 0 radical (unpaired) electrons. The molecule has 0 N–H and O–H groups in total. The van der Waals surface area contributed by atoms with Crippen molar-refractivity contribution in [1.29, 1.82) is 0 Å². The van der Waals surface area contributed by atoms with E-state index >= 15 is 0 Å². The Morgan fingerprint density at radius 3 is 2.46 bits per heavy atom. The number of hydrogen-bond donors (Lipinski definition) is 0. The molecule has 1 aromatic carbocycles. The molecule has 0 unspecified atom stereocenters. The van der Waals surface area contributed by atoms with Gasteiger partial charge in [-0.3, -0.25) is 4.79 Å². The van der Waals surface area contributed by atoms with E-state index in [-0.39, 0.29) is 11.8 Å². The minimum Gasteiger partial charge on any atom is -0.339 e. The van der Waals surface area contributed by atoms with Gasteiger partial charge in [0.25, 0.3) is 5.91 Å². The Balaban J connectivity index is 2.10. The van der Waals surface area contributed by atoms with E-state index in [2.05, 4.69) is 18.9 Å². The smallest absolute Gasteiger partial charge is 0.257 e. The summed E-state index contributed by atoms with van der Waals surface area (Å²) < 4.78 is 1.85. The standard InChI is InChI=1S/C19H24ClN3O/c1-13(2)18-17(19(24)22-11-7-4-8-12-22)14(3)21-23(18)16-10-6-5-9-15(16)20/h5-6,9-10,13H,4,7-8,11-12H2,1-3H3. The van der Waals surface area contributed by atoms with Crippen LogP contribution in [0.15, 0.2) is 24.3 Å². The van der Waals surface area contributed by atoms with Crippen molar-refractivity contribution in [1.82, 2.24) is 14.7 Å². The predicted octanol–water partition coefficient (Wildman–Crippen LogP) is 4.58. The fraction of sp³-hybridized carbons (Fsp3) is 0.474. The molecule has 1 saturated heterocycles. The zero-order valence-electron chi connectivity index (χ0n) is 14.6. The first-order valence-corrected chi connectivity index (χ1v) is 9.02. The molecule has 4 nitrogen and oxygen atoms in total. The van der Waals surface area contributed by atoms with Crippen LogP contribution in [0.5, 0.6) is 0 Å². The lowest BCUT2D eigenvalue weighted by Gasteiger charge is -2.27. The summed E-state index contributed by atoms with van der Waals surface area (Å²) >= 11 is 6.37. The molecule has 1 fully saturated rings. The third kappa shape index (κ3) is 3.07. The number of aromatic nitrogens is 2. The Morgan fingerprint density at radius 1 is 1.17 bits per heavy atom. The number of likely N-dealkylation sites (tertiary alicyclic amines) is 1. The Labute approximate surface area is 148 Å². The summed E-state index contributed by atoms with van der Waals surface area (Å²) in [5.41, 5.74) is 3.28. The maximum absolute atomic E-state index is 13.1. The highest BCUT2D eigenvalue weighted by molar-refractivity contribution is 6.32. The predicted molar refractivity (Wildman–Crippen MR) is 97.2 cm³/mol. The second-order valence-corrected chi connectivity index (χ2v) is 7.12. The molecule has 2 heterocycles. The maximum Gasteiger partial charge on any atom is 0.257 e. The first kappa shape index (κ1) is 17.0. The summed E-state index contributed by atoms with van der Waals surface area (Å²) in [7, 11) is 0. The van der Waals surface area contributed by atoms with E-state index in [1.807, 2.05) is 40.8 Å². The topological polar surface area (TPSA) is 38.1 Å². The minimum absolute atomic E-state index is 0.106. The maximum atomic E-state index is 13.1. The quantitative estimate of drug-likeness (QED) is 0.816. The van der Waals surface area contributed by atoms with Gasteiger partial charge >= 0.3 is 0 Å². The van der Waals surface area contributed by atoms with E-state index < -0.39 is 0 Å². The highest BCUT2D eigenvalue weighted by atomic mass is 35.5. The van der Waals surface area contributed by atoms with Gasteiger partial charge in [-0.1, -0.05) is 37.6 Å². The van der Waals surface area contributed by atoms with Crippen LogP contribution in [0.4, 0.5) is 0 Å². The van der Waals surface area contributed by atoms with Crippen molar-refractivity contribution >= 4 is 17.5 Å². The van der Waals surface area contributed by atoms with Crippen LogP contribution in [0.3, 0.4) is 0 Å². The lowest BCUT2D eigenvalue weighted by molar-refractivity contribution is 0.0722. The first-order chi connectivity index (χ1) is 11.5. The molecule has 2 aromatic rings. The van der Waals surface area contributed by atoms with Crippen LogP contribution in [0.25, 0.3) is 5.69 Å². The van der Waals surface area contributed by atoms with E-state index in [9.17, 15) is 4.79 Å². The van der Waals surface area contributed by atoms with E-state index in [0.29, 0.717) is 5.02 Å². The summed E-state index contributed by atoms with van der Waals surface area (Å²) in [5, 5.41) is 5.30. The minimum atomic E-state index is 0.106. The molecule has 3 rings (SSSR count). The molecule has 1 aromatic heterocycles. The third-order valence-corrected chi connectivity index (χ3v) is 4.90. The van der Waals surface area contributed by atoms with Crippen molar-refractivity contribution in [2.24, 2.45) is 0 Å². The highest BCUT2D eigenvalue weighted by Crippen LogP contribution is 2.30. The van der Waals surface area contributed by atoms with Gasteiger partial charge in [-0.25, -0.2) is 4.68 Å². The number of amides is 1. The number of rotatable bonds is 3. The summed E-state index contributed by atoms with van der Waals surface area (Å²) in [4.78, 5) is 15.1. The Bertz CT molecular complexity index is 745. The van der Waals surface area contributed by atoms with E-state index in [0.717, 1.165) is 48.6 Å². The zero-order valence-corrected chi connectivity index (χ0v) is 15.3. The van der Waals surface area contributed by atoms with Crippen LogP contribution >= 0.6 is 11.6 Å². The largest absolute Gasteiger partial charge is 0.339 e. The first-order valence-electron chi connectivity index (χ1n) is 8.64. The van der Waals surface area contributed by atoms with Crippen molar-refractivity contribution in [2.75, 3.05) is 13.1 Å². The van der Waals surface area contributed by atoms with E-state index in [1.165, 1.54) is 6.42 Å². The molecule has 24 heavy (non-hydrogen) atoms. The lowest BCUT2D eigenvalue weighted by atomic mass is 10.0. The molecule has 1 amide bonds. The van der Waals surface area contributed by atoms with Crippen molar-refractivity contribution in [3.05, 3.63) is 46.2 Å².